The van der Waals surface area contributed by atoms with Crippen LogP contribution in [0.15, 0.2) is 68.4 Å². The van der Waals surface area contributed by atoms with E-state index in [4.69, 9.17) is 8.94 Å². The number of hydrogen-bond donors (Lipinski definition) is 1. The van der Waals surface area contributed by atoms with Crippen molar-refractivity contribution in [1.82, 2.24) is 15.4 Å². The Balaban J connectivity index is 1.57. The van der Waals surface area contributed by atoms with Crippen molar-refractivity contribution in [3.05, 3.63) is 66.2 Å². The minimum atomic E-state index is 0.241. The molecule has 0 amide bonds. The second kappa shape index (κ2) is 7.05. The van der Waals surface area contributed by atoms with Gasteiger partial charge in [-0.25, -0.2) is 0 Å². The van der Waals surface area contributed by atoms with Gasteiger partial charge >= 0.3 is 0 Å². The van der Waals surface area contributed by atoms with Crippen LogP contribution in [-0.4, -0.2) is 20.5 Å². The molecule has 130 valence electrons. The predicted molar refractivity (Wildman–Crippen MR) is 97.6 cm³/mol. The Morgan fingerprint density at radius 1 is 1.00 bits per heavy atom. The molecule has 0 atom stereocenters. The fraction of sp³-hybridized carbons (Fsp3) is 0.105. The van der Waals surface area contributed by atoms with Crippen LogP contribution in [0.1, 0.15) is 11.7 Å². The van der Waals surface area contributed by atoms with Crippen LogP contribution in [0, 0.1) is 6.92 Å². The van der Waals surface area contributed by atoms with Gasteiger partial charge < -0.3 is 14.0 Å². The number of hydrogen-bond acceptors (Lipinski definition) is 7. The van der Waals surface area contributed by atoms with Crippen LogP contribution in [-0.2, 0) is 5.75 Å². The van der Waals surface area contributed by atoms with Crippen molar-refractivity contribution in [3.8, 4) is 28.5 Å². The Morgan fingerprint density at radius 3 is 2.54 bits per heavy atom. The lowest BCUT2D eigenvalue weighted by atomic mass is 10.1. The van der Waals surface area contributed by atoms with Gasteiger partial charge in [0.15, 0.2) is 0 Å². The molecule has 0 aliphatic heterocycles. The molecule has 2 aromatic heterocycles. The molecule has 4 rings (SSSR count). The normalized spacial score (nSPS) is 11.0. The minimum absolute atomic E-state index is 0.241. The number of aromatic hydroxyl groups is 1. The Hall–Kier alpha value is -3.06. The Labute approximate surface area is 153 Å². The van der Waals surface area contributed by atoms with Gasteiger partial charge in [-0.15, -0.1) is 22.0 Å². The summed E-state index contributed by atoms with van der Waals surface area (Å²) in [4.78, 5) is 1.01. The molecule has 4 aromatic rings. The highest BCUT2D eigenvalue weighted by molar-refractivity contribution is 7.98. The highest BCUT2D eigenvalue weighted by Crippen LogP contribution is 2.34. The number of aryl methyl sites for hydroxylation is 1. The van der Waals surface area contributed by atoms with Crippen molar-refractivity contribution in [2.75, 3.05) is 0 Å². The highest BCUT2D eigenvalue weighted by Gasteiger charge is 2.21. The van der Waals surface area contributed by atoms with Gasteiger partial charge in [0.1, 0.15) is 22.8 Å². The van der Waals surface area contributed by atoms with Crippen LogP contribution >= 0.6 is 11.8 Å². The van der Waals surface area contributed by atoms with Crippen molar-refractivity contribution in [3.63, 3.8) is 0 Å². The van der Waals surface area contributed by atoms with E-state index in [1.165, 1.54) is 0 Å². The average molecular weight is 365 g/mol. The number of phenols is 1. The van der Waals surface area contributed by atoms with Crippen LogP contribution in [0.25, 0.3) is 22.7 Å². The van der Waals surface area contributed by atoms with E-state index in [1.807, 2.05) is 49.4 Å². The summed E-state index contributed by atoms with van der Waals surface area (Å²) in [6.45, 7) is 1.82. The zero-order chi connectivity index (χ0) is 17.9. The molecule has 0 fully saturated rings. The fourth-order valence-electron chi connectivity index (χ4n) is 2.52. The van der Waals surface area contributed by atoms with E-state index >= 15 is 0 Å². The summed E-state index contributed by atoms with van der Waals surface area (Å²) in [5.74, 6) is 2.31. The lowest BCUT2D eigenvalue weighted by Crippen LogP contribution is -1.84. The Kier molecular flexibility index (Phi) is 4.45. The highest BCUT2D eigenvalue weighted by atomic mass is 32.2. The van der Waals surface area contributed by atoms with E-state index in [0.29, 0.717) is 34.6 Å². The molecule has 0 aliphatic carbocycles. The van der Waals surface area contributed by atoms with Crippen LogP contribution in [0.2, 0.25) is 0 Å². The summed E-state index contributed by atoms with van der Waals surface area (Å²) in [6, 6.07) is 16.7. The minimum Gasteiger partial charge on any atom is -0.508 e. The first-order chi connectivity index (χ1) is 12.7. The standard InChI is InChI=1S/C19H15N3O3S/c1-12-17(18(22-25-12)13-5-3-2-4-6-13)19-21-20-16(24-19)11-26-15-9-7-14(23)8-10-15/h2-10,23H,11H2,1H3. The number of rotatable bonds is 5. The third-order valence-corrected chi connectivity index (χ3v) is 4.79. The van der Waals surface area contributed by atoms with Gasteiger partial charge in [0.2, 0.25) is 5.89 Å². The molecule has 7 heteroatoms. The molecule has 0 aliphatic rings. The van der Waals surface area contributed by atoms with Crippen molar-refractivity contribution >= 4 is 11.8 Å². The molecule has 2 heterocycles. The number of phenolic OH excluding ortho intramolecular Hbond substituents is 1. The summed E-state index contributed by atoms with van der Waals surface area (Å²) >= 11 is 1.55. The van der Waals surface area contributed by atoms with Crippen LogP contribution in [0.4, 0.5) is 0 Å². The van der Waals surface area contributed by atoms with Crippen LogP contribution in [0.3, 0.4) is 0 Å². The molecular weight excluding hydrogens is 350 g/mol. The fourth-order valence-corrected chi connectivity index (χ4v) is 3.25. The van der Waals surface area contributed by atoms with Crippen molar-refractivity contribution < 1.29 is 14.0 Å². The van der Waals surface area contributed by atoms with Crippen LogP contribution in [0.5, 0.6) is 5.75 Å². The molecule has 1 N–H and O–H groups in total. The molecule has 0 radical (unpaired) electrons. The van der Waals surface area contributed by atoms with Crippen LogP contribution < -0.4 is 0 Å². The van der Waals surface area contributed by atoms with Gasteiger partial charge in [0.05, 0.1) is 5.75 Å². The maximum atomic E-state index is 9.33. The van der Waals surface area contributed by atoms with E-state index in [0.717, 1.165) is 10.5 Å². The Bertz CT molecular complexity index is 1010. The second-order valence-electron chi connectivity index (χ2n) is 5.61. The van der Waals surface area contributed by atoms with Gasteiger partial charge in [-0.2, -0.15) is 0 Å². The van der Waals surface area contributed by atoms with Gasteiger partial charge in [0, 0.05) is 10.5 Å². The monoisotopic (exact) mass is 365 g/mol. The zero-order valence-electron chi connectivity index (χ0n) is 13.9. The second-order valence-corrected chi connectivity index (χ2v) is 6.66. The van der Waals surface area contributed by atoms with Crippen molar-refractivity contribution in [2.24, 2.45) is 0 Å². The lowest BCUT2D eigenvalue weighted by molar-refractivity contribution is 0.399. The summed E-state index contributed by atoms with van der Waals surface area (Å²) in [7, 11) is 0. The quantitative estimate of drug-likeness (QED) is 0.513. The number of nitrogens with zero attached hydrogens (tertiary/aromatic N) is 3. The smallest absolute Gasteiger partial charge is 0.253 e. The summed E-state index contributed by atoms with van der Waals surface area (Å²) in [5, 5.41) is 21.8. The summed E-state index contributed by atoms with van der Waals surface area (Å²) in [5.41, 5.74) is 2.33. The van der Waals surface area contributed by atoms with E-state index < -0.39 is 0 Å². The maximum Gasteiger partial charge on any atom is 0.253 e. The zero-order valence-corrected chi connectivity index (χ0v) is 14.7. The SMILES string of the molecule is Cc1onc(-c2ccccc2)c1-c1nnc(CSc2ccc(O)cc2)o1. The number of benzene rings is 2. The first-order valence-corrected chi connectivity index (χ1v) is 8.95. The van der Waals surface area contributed by atoms with Gasteiger partial charge in [-0.3, -0.25) is 0 Å². The van der Waals surface area contributed by atoms with Gasteiger partial charge in [-0.1, -0.05) is 35.5 Å². The first kappa shape index (κ1) is 16.4. The maximum absolute atomic E-state index is 9.33. The molecule has 0 bridgehead atoms. The molecule has 0 unspecified atom stereocenters. The van der Waals surface area contributed by atoms with Crippen molar-refractivity contribution in [2.45, 2.75) is 17.6 Å². The third-order valence-electron chi connectivity index (χ3n) is 3.79. The molecule has 26 heavy (non-hydrogen) atoms. The molecule has 2 aromatic carbocycles. The topological polar surface area (TPSA) is 85.2 Å². The molecule has 6 nitrogen and oxygen atoms in total. The molecular formula is C19H15N3O3S. The largest absolute Gasteiger partial charge is 0.508 e. The summed E-state index contributed by atoms with van der Waals surface area (Å²) in [6.07, 6.45) is 0. The predicted octanol–water partition coefficient (Wildman–Crippen LogP) is 4.70. The lowest BCUT2D eigenvalue weighted by Gasteiger charge is -1.99. The average Bonchev–Trinajstić information content (AvgIpc) is 3.28. The molecule has 0 saturated heterocycles. The Morgan fingerprint density at radius 2 is 1.77 bits per heavy atom. The number of aromatic nitrogens is 3. The molecule has 0 saturated carbocycles. The van der Waals surface area contributed by atoms with E-state index in [-0.39, 0.29) is 5.75 Å². The summed E-state index contributed by atoms with van der Waals surface area (Å²) < 4.78 is 11.2. The first-order valence-electron chi connectivity index (χ1n) is 7.97. The van der Waals surface area contributed by atoms with E-state index in [9.17, 15) is 5.11 Å². The molecule has 0 spiro atoms. The third kappa shape index (κ3) is 3.34. The van der Waals surface area contributed by atoms with Gasteiger partial charge in [0.25, 0.3) is 5.89 Å². The van der Waals surface area contributed by atoms with E-state index in [1.54, 1.807) is 23.9 Å². The number of thioether (sulfide) groups is 1. The van der Waals surface area contributed by atoms with Crippen molar-refractivity contribution in [1.29, 1.82) is 0 Å². The van der Waals surface area contributed by atoms with Gasteiger partial charge in [-0.05, 0) is 31.2 Å². The van der Waals surface area contributed by atoms with E-state index in [2.05, 4.69) is 15.4 Å².